The van der Waals surface area contributed by atoms with Gasteiger partial charge in [-0.3, -0.25) is 14.9 Å². The van der Waals surface area contributed by atoms with E-state index < -0.39 is 28.0 Å². The molecule has 1 aromatic heterocycles. The van der Waals surface area contributed by atoms with Crippen molar-refractivity contribution in [2.75, 3.05) is 25.0 Å². The van der Waals surface area contributed by atoms with E-state index in [9.17, 15) is 18.0 Å². The number of halogens is 2. The highest BCUT2D eigenvalue weighted by Gasteiger charge is 2.28. The molecule has 4 rings (SSSR count). The quantitative estimate of drug-likeness (QED) is 0.301. The fourth-order valence-corrected chi connectivity index (χ4v) is 6.69. The summed E-state index contributed by atoms with van der Waals surface area (Å²) in [5, 5.41) is 3.37. The third kappa shape index (κ3) is 7.49. The Kier molecular flexibility index (Phi) is 9.84. The lowest BCUT2D eigenvalue weighted by atomic mass is 10.1. The molecule has 1 unspecified atom stereocenters. The van der Waals surface area contributed by atoms with Crippen molar-refractivity contribution in [3.63, 3.8) is 0 Å². The number of sulfonamides is 1. The topological polar surface area (TPSA) is 115 Å². The Hall–Kier alpha value is -2.70. The second kappa shape index (κ2) is 13.1. The summed E-state index contributed by atoms with van der Waals surface area (Å²) in [6.07, 6.45) is 1.39. The minimum Gasteiger partial charge on any atom is -0.476 e. The average molecular weight is 613 g/mol. The molecule has 1 fully saturated rings. The molecule has 0 saturated carbocycles. The van der Waals surface area contributed by atoms with Gasteiger partial charge < -0.3 is 9.47 Å². The summed E-state index contributed by atoms with van der Waals surface area (Å²) in [5.41, 5.74) is 0.715. The van der Waals surface area contributed by atoms with Crippen LogP contribution in [0.4, 0.5) is 5.13 Å². The van der Waals surface area contributed by atoms with Crippen molar-refractivity contribution in [1.29, 1.82) is 0 Å². The summed E-state index contributed by atoms with van der Waals surface area (Å²) in [6.45, 7) is 2.90. The van der Waals surface area contributed by atoms with Crippen LogP contribution in [-0.4, -0.2) is 49.3 Å². The standard InChI is InChI=1S/C26H27Cl2N3O6S2/c1-2-36-22(32)16-21-24(28)38-26(29-21)30-25(33)23(37-19-10-8-18(27)9-11-19)17-6-12-20(13-7-17)39(34,35)31-14-4-3-5-15-31/h6-13,23H,2-5,14-16H2,1H3,(H,29,30,33). The number of esters is 1. The molecule has 2 heterocycles. The minimum absolute atomic E-state index is 0.128. The lowest BCUT2D eigenvalue weighted by molar-refractivity contribution is -0.142. The van der Waals surface area contributed by atoms with Gasteiger partial charge in [-0.15, -0.1) is 0 Å². The molecule has 13 heteroatoms. The molecule has 0 aliphatic carbocycles. The number of rotatable bonds is 10. The maximum Gasteiger partial charge on any atom is 0.311 e. The number of aromatic nitrogens is 1. The van der Waals surface area contributed by atoms with Crippen molar-refractivity contribution in [2.45, 2.75) is 43.6 Å². The normalized spacial score (nSPS) is 14.9. The fraction of sp³-hybridized carbons (Fsp3) is 0.346. The van der Waals surface area contributed by atoms with Gasteiger partial charge in [0.1, 0.15) is 10.1 Å². The van der Waals surface area contributed by atoms with Gasteiger partial charge >= 0.3 is 5.97 Å². The van der Waals surface area contributed by atoms with Crippen LogP contribution >= 0.6 is 34.5 Å². The van der Waals surface area contributed by atoms with Crippen LogP contribution in [0.15, 0.2) is 53.4 Å². The molecule has 0 radical (unpaired) electrons. The van der Waals surface area contributed by atoms with E-state index >= 15 is 0 Å². The molecule has 0 bridgehead atoms. The summed E-state index contributed by atoms with van der Waals surface area (Å²) in [7, 11) is -3.64. The van der Waals surface area contributed by atoms with Gasteiger partial charge in [-0.2, -0.15) is 4.31 Å². The molecule has 9 nitrogen and oxygen atoms in total. The van der Waals surface area contributed by atoms with Crippen LogP contribution in [0.3, 0.4) is 0 Å². The molecule has 39 heavy (non-hydrogen) atoms. The average Bonchev–Trinajstić information content (AvgIpc) is 3.26. The van der Waals surface area contributed by atoms with Crippen LogP contribution in [-0.2, 0) is 30.8 Å². The predicted molar refractivity (Wildman–Crippen MR) is 150 cm³/mol. The molecule has 1 aliphatic rings. The number of thiazole rings is 1. The number of nitrogens with one attached hydrogen (secondary N) is 1. The number of anilines is 1. The van der Waals surface area contributed by atoms with E-state index in [1.807, 2.05) is 0 Å². The summed E-state index contributed by atoms with van der Waals surface area (Å²) in [5.74, 6) is -0.666. The zero-order valence-corrected chi connectivity index (χ0v) is 24.2. The van der Waals surface area contributed by atoms with Crippen molar-refractivity contribution in [2.24, 2.45) is 0 Å². The Labute approximate surface area is 241 Å². The number of hydrogen-bond donors (Lipinski definition) is 1. The van der Waals surface area contributed by atoms with Gasteiger partial charge in [0, 0.05) is 23.7 Å². The molecular weight excluding hydrogens is 585 g/mol. The first-order valence-corrected chi connectivity index (χ1v) is 15.3. The van der Waals surface area contributed by atoms with Crippen LogP contribution in [0.5, 0.6) is 5.75 Å². The molecule has 1 aliphatic heterocycles. The van der Waals surface area contributed by atoms with Crippen LogP contribution in [0.25, 0.3) is 0 Å². The zero-order valence-electron chi connectivity index (χ0n) is 21.1. The molecule has 3 aromatic rings. The Morgan fingerprint density at radius 1 is 1.05 bits per heavy atom. The summed E-state index contributed by atoms with van der Waals surface area (Å²) in [4.78, 5) is 29.6. The van der Waals surface area contributed by atoms with Crippen molar-refractivity contribution in [1.82, 2.24) is 9.29 Å². The SMILES string of the molecule is CCOC(=O)Cc1nc(NC(=O)C(Oc2ccc(Cl)cc2)c2ccc(S(=O)(=O)N3CCCCC3)cc2)sc1Cl. The Morgan fingerprint density at radius 3 is 2.36 bits per heavy atom. The molecule has 1 amide bonds. The van der Waals surface area contributed by atoms with E-state index in [0.717, 1.165) is 30.6 Å². The maximum absolute atomic E-state index is 13.4. The van der Waals surface area contributed by atoms with Gasteiger partial charge in [0.25, 0.3) is 5.91 Å². The van der Waals surface area contributed by atoms with Crippen LogP contribution < -0.4 is 10.1 Å². The van der Waals surface area contributed by atoms with Crippen molar-refractivity contribution < 1.29 is 27.5 Å². The van der Waals surface area contributed by atoms with E-state index in [1.54, 1.807) is 43.3 Å². The number of piperidine rings is 1. The van der Waals surface area contributed by atoms with Gasteiger partial charge in [-0.25, -0.2) is 13.4 Å². The molecule has 0 spiro atoms. The smallest absolute Gasteiger partial charge is 0.311 e. The highest BCUT2D eigenvalue weighted by molar-refractivity contribution is 7.89. The second-order valence-electron chi connectivity index (χ2n) is 8.70. The number of amides is 1. The van der Waals surface area contributed by atoms with Crippen molar-refractivity contribution >= 4 is 61.6 Å². The van der Waals surface area contributed by atoms with Crippen LogP contribution in [0.2, 0.25) is 9.36 Å². The van der Waals surface area contributed by atoms with E-state index in [2.05, 4.69) is 10.3 Å². The lowest BCUT2D eigenvalue weighted by Crippen LogP contribution is -2.35. The summed E-state index contributed by atoms with van der Waals surface area (Å²) in [6, 6.07) is 12.6. The van der Waals surface area contributed by atoms with Gasteiger partial charge in [0.05, 0.1) is 23.6 Å². The first-order chi connectivity index (χ1) is 18.7. The number of carbonyl (C=O) groups is 2. The summed E-state index contributed by atoms with van der Waals surface area (Å²) < 4.78 is 38.8. The van der Waals surface area contributed by atoms with E-state index in [1.165, 1.54) is 16.4 Å². The Morgan fingerprint density at radius 2 is 1.72 bits per heavy atom. The molecule has 2 aromatic carbocycles. The molecule has 1 atom stereocenters. The number of carbonyl (C=O) groups excluding carboxylic acids is 2. The zero-order chi connectivity index (χ0) is 28.0. The number of nitrogens with zero attached hydrogens (tertiary/aromatic N) is 2. The molecule has 208 valence electrons. The third-order valence-corrected chi connectivity index (χ3v) is 9.35. The number of hydrogen-bond acceptors (Lipinski definition) is 8. The number of benzene rings is 2. The van der Waals surface area contributed by atoms with Crippen LogP contribution in [0, 0.1) is 0 Å². The van der Waals surface area contributed by atoms with Crippen molar-refractivity contribution in [3.05, 3.63) is 69.1 Å². The third-order valence-electron chi connectivity index (χ3n) is 5.94. The summed E-state index contributed by atoms with van der Waals surface area (Å²) >= 11 is 13.2. The van der Waals surface area contributed by atoms with E-state index in [0.29, 0.717) is 29.4 Å². The van der Waals surface area contributed by atoms with Gasteiger partial charge in [0.2, 0.25) is 16.1 Å². The number of ether oxygens (including phenoxy) is 2. The highest BCUT2D eigenvalue weighted by atomic mass is 35.5. The Bertz CT molecular complexity index is 1410. The second-order valence-corrected chi connectivity index (χ2v) is 12.7. The van der Waals surface area contributed by atoms with Gasteiger partial charge in [-0.05, 0) is 56.2 Å². The van der Waals surface area contributed by atoms with E-state index in [4.69, 9.17) is 32.7 Å². The highest BCUT2D eigenvalue weighted by Crippen LogP contribution is 2.31. The maximum atomic E-state index is 13.4. The lowest BCUT2D eigenvalue weighted by Gasteiger charge is -2.26. The first kappa shape index (κ1) is 29.3. The van der Waals surface area contributed by atoms with Crippen LogP contribution in [0.1, 0.15) is 43.5 Å². The monoisotopic (exact) mass is 611 g/mol. The molecule has 1 saturated heterocycles. The van der Waals surface area contributed by atoms with Gasteiger partial charge in [-0.1, -0.05) is 53.1 Å². The molecular formula is C26H27Cl2N3O6S2. The van der Waals surface area contributed by atoms with Crippen molar-refractivity contribution in [3.8, 4) is 5.75 Å². The van der Waals surface area contributed by atoms with Gasteiger partial charge in [0.15, 0.2) is 5.13 Å². The first-order valence-electron chi connectivity index (χ1n) is 12.3. The largest absolute Gasteiger partial charge is 0.476 e. The van der Waals surface area contributed by atoms with E-state index in [-0.39, 0.29) is 33.1 Å². The minimum atomic E-state index is -3.64. The molecule has 1 N–H and O–H groups in total. The Balaban J connectivity index is 1.57. The predicted octanol–water partition coefficient (Wildman–Crippen LogP) is 5.49. The fourth-order valence-electron chi connectivity index (χ4n) is 4.01.